The van der Waals surface area contributed by atoms with E-state index in [9.17, 15) is 18.4 Å². The maximum atomic E-state index is 13.1. The Morgan fingerprint density at radius 2 is 2.00 bits per heavy atom. The molecule has 0 aliphatic rings. The first-order valence-electron chi connectivity index (χ1n) is 4.79. The molecule has 86 valence electrons. The molecule has 0 atom stereocenters. The van der Waals surface area contributed by atoms with Gasteiger partial charge in [-0.15, -0.1) is 0 Å². The van der Waals surface area contributed by atoms with Gasteiger partial charge in [0.2, 0.25) is 5.91 Å². The van der Waals surface area contributed by atoms with Gasteiger partial charge in [0.05, 0.1) is 12.1 Å². The maximum absolute atomic E-state index is 13.1. The first-order chi connectivity index (χ1) is 7.54. The van der Waals surface area contributed by atoms with Crippen LogP contribution >= 0.6 is 0 Å². The molecule has 0 unspecified atom stereocenters. The molecule has 0 aromatic heterocycles. The molecule has 3 nitrogen and oxygen atoms in total. The lowest BCUT2D eigenvalue weighted by atomic mass is 10.1. The normalized spacial score (nSPS) is 9.94. The summed E-state index contributed by atoms with van der Waals surface area (Å²) in [7, 11) is 0. The van der Waals surface area contributed by atoms with Gasteiger partial charge >= 0.3 is 0 Å². The molecule has 0 saturated heterocycles. The summed E-state index contributed by atoms with van der Waals surface area (Å²) in [4.78, 5) is 22.3. The molecular formula is C11H11F2NO2. The summed E-state index contributed by atoms with van der Waals surface area (Å²) in [5.41, 5.74) is -0.351. The molecule has 1 aromatic rings. The summed E-state index contributed by atoms with van der Waals surface area (Å²) in [6, 6.07) is 2.62. The van der Waals surface area contributed by atoms with Crippen LogP contribution in [0.1, 0.15) is 23.7 Å². The largest absolute Gasteiger partial charge is 0.349 e. The molecule has 0 radical (unpaired) electrons. The highest BCUT2D eigenvalue weighted by atomic mass is 19.1. The van der Waals surface area contributed by atoms with Crippen molar-refractivity contribution in [2.24, 2.45) is 0 Å². The van der Waals surface area contributed by atoms with Gasteiger partial charge in [0, 0.05) is 6.42 Å². The Balaban J connectivity index is 2.73. The second-order valence-corrected chi connectivity index (χ2v) is 3.18. The molecule has 16 heavy (non-hydrogen) atoms. The number of hydrogen-bond donors (Lipinski definition) is 1. The fourth-order valence-corrected chi connectivity index (χ4v) is 1.11. The highest BCUT2D eigenvalue weighted by Gasteiger charge is 2.13. The molecule has 1 N–H and O–H groups in total. The minimum Gasteiger partial charge on any atom is -0.349 e. The van der Waals surface area contributed by atoms with Gasteiger partial charge in [0.25, 0.3) is 0 Å². The summed E-state index contributed by atoms with van der Waals surface area (Å²) in [6.07, 6.45) is 0.235. The molecule has 0 saturated carbocycles. The molecule has 1 aromatic carbocycles. The van der Waals surface area contributed by atoms with Crippen LogP contribution in [0.15, 0.2) is 18.2 Å². The van der Waals surface area contributed by atoms with E-state index in [0.717, 1.165) is 18.2 Å². The standard InChI is InChI=1S/C11H11F2NO2/c1-2-11(16)14-6-10(15)8-5-7(12)3-4-9(8)13/h3-5H,2,6H2,1H3,(H,14,16). The Kier molecular flexibility index (Phi) is 4.10. The third-order valence-corrected chi connectivity index (χ3v) is 2.00. The maximum Gasteiger partial charge on any atom is 0.220 e. The van der Waals surface area contributed by atoms with Crippen LogP contribution in [0.5, 0.6) is 0 Å². The number of ketones is 1. The molecule has 5 heteroatoms. The zero-order valence-electron chi connectivity index (χ0n) is 8.72. The van der Waals surface area contributed by atoms with Crippen molar-refractivity contribution >= 4 is 11.7 Å². The Morgan fingerprint density at radius 3 is 2.62 bits per heavy atom. The van der Waals surface area contributed by atoms with Gasteiger partial charge in [0.15, 0.2) is 5.78 Å². The van der Waals surface area contributed by atoms with Crippen molar-refractivity contribution < 1.29 is 18.4 Å². The van der Waals surface area contributed by atoms with Crippen LogP contribution in [0.4, 0.5) is 8.78 Å². The van der Waals surface area contributed by atoms with Crippen molar-refractivity contribution in [2.75, 3.05) is 6.54 Å². The van der Waals surface area contributed by atoms with E-state index < -0.39 is 17.4 Å². The van der Waals surface area contributed by atoms with E-state index in [4.69, 9.17) is 0 Å². The minimum absolute atomic E-state index is 0.235. The Morgan fingerprint density at radius 1 is 1.31 bits per heavy atom. The van der Waals surface area contributed by atoms with Crippen molar-refractivity contribution in [3.05, 3.63) is 35.4 Å². The summed E-state index contributed by atoms with van der Waals surface area (Å²) in [5, 5.41) is 2.30. The van der Waals surface area contributed by atoms with Gasteiger partial charge in [-0.1, -0.05) is 6.92 Å². The Bertz CT molecular complexity index is 418. The highest BCUT2D eigenvalue weighted by Crippen LogP contribution is 2.09. The molecule has 1 rings (SSSR count). The summed E-state index contributed by atoms with van der Waals surface area (Å²) < 4.78 is 25.9. The van der Waals surface area contributed by atoms with Gasteiger partial charge in [-0.05, 0) is 18.2 Å². The third kappa shape index (κ3) is 3.12. The predicted octanol–water partition coefficient (Wildman–Crippen LogP) is 1.67. The number of carbonyl (C=O) groups excluding carboxylic acids is 2. The predicted molar refractivity (Wildman–Crippen MR) is 54.0 cm³/mol. The van der Waals surface area contributed by atoms with Crippen LogP contribution in [-0.4, -0.2) is 18.2 Å². The fourth-order valence-electron chi connectivity index (χ4n) is 1.11. The molecule has 0 fully saturated rings. The Hall–Kier alpha value is -1.78. The van der Waals surface area contributed by atoms with Gasteiger partial charge < -0.3 is 5.32 Å². The third-order valence-electron chi connectivity index (χ3n) is 2.00. The van der Waals surface area contributed by atoms with E-state index >= 15 is 0 Å². The Labute approximate surface area is 91.5 Å². The molecule has 0 aliphatic carbocycles. The van der Waals surface area contributed by atoms with Crippen molar-refractivity contribution in [3.63, 3.8) is 0 Å². The molecule has 0 heterocycles. The number of carbonyl (C=O) groups is 2. The smallest absolute Gasteiger partial charge is 0.220 e. The summed E-state index contributed by atoms with van der Waals surface area (Å²) in [6.45, 7) is 1.30. The topological polar surface area (TPSA) is 46.2 Å². The van der Waals surface area contributed by atoms with E-state index in [2.05, 4.69) is 5.32 Å². The van der Waals surface area contributed by atoms with Crippen LogP contribution < -0.4 is 5.32 Å². The van der Waals surface area contributed by atoms with E-state index in [0.29, 0.717) is 0 Å². The van der Waals surface area contributed by atoms with Gasteiger partial charge in [0.1, 0.15) is 11.6 Å². The lowest BCUT2D eigenvalue weighted by Gasteiger charge is -2.04. The van der Waals surface area contributed by atoms with Crippen molar-refractivity contribution in [1.29, 1.82) is 0 Å². The molecule has 0 bridgehead atoms. The van der Waals surface area contributed by atoms with Crippen LogP contribution in [-0.2, 0) is 4.79 Å². The summed E-state index contributed by atoms with van der Waals surface area (Å²) in [5.74, 6) is -2.45. The number of Topliss-reactive ketones (excluding diaryl/α,β-unsaturated/α-hetero) is 1. The number of halogens is 2. The first-order valence-corrected chi connectivity index (χ1v) is 4.79. The molecule has 1 amide bonds. The molecule has 0 spiro atoms. The van der Waals surface area contributed by atoms with E-state index in [1.807, 2.05) is 0 Å². The van der Waals surface area contributed by atoms with Crippen LogP contribution in [0, 0.1) is 11.6 Å². The number of benzene rings is 1. The second kappa shape index (κ2) is 5.34. The first kappa shape index (κ1) is 12.3. The average Bonchev–Trinajstić information content (AvgIpc) is 2.28. The summed E-state index contributed by atoms with van der Waals surface area (Å²) >= 11 is 0. The number of hydrogen-bond acceptors (Lipinski definition) is 2. The average molecular weight is 227 g/mol. The van der Waals surface area contributed by atoms with Crippen molar-refractivity contribution in [2.45, 2.75) is 13.3 Å². The van der Waals surface area contributed by atoms with E-state index in [1.54, 1.807) is 6.92 Å². The SMILES string of the molecule is CCC(=O)NCC(=O)c1cc(F)ccc1F. The van der Waals surface area contributed by atoms with Crippen LogP contribution in [0.25, 0.3) is 0 Å². The second-order valence-electron chi connectivity index (χ2n) is 3.18. The highest BCUT2D eigenvalue weighted by molar-refractivity contribution is 5.99. The van der Waals surface area contributed by atoms with Crippen LogP contribution in [0.3, 0.4) is 0 Å². The van der Waals surface area contributed by atoms with Crippen molar-refractivity contribution in [1.82, 2.24) is 5.32 Å². The zero-order valence-corrected chi connectivity index (χ0v) is 8.72. The molecular weight excluding hydrogens is 216 g/mol. The number of nitrogens with one attached hydrogen (secondary N) is 1. The zero-order chi connectivity index (χ0) is 12.1. The number of rotatable bonds is 4. The lowest BCUT2D eigenvalue weighted by Crippen LogP contribution is -2.29. The number of amides is 1. The monoisotopic (exact) mass is 227 g/mol. The van der Waals surface area contributed by atoms with Gasteiger partial charge in [-0.25, -0.2) is 8.78 Å². The fraction of sp³-hybridized carbons (Fsp3) is 0.273. The van der Waals surface area contributed by atoms with E-state index in [1.165, 1.54) is 0 Å². The lowest BCUT2D eigenvalue weighted by molar-refractivity contribution is -0.120. The van der Waals surface area contributed by atoms with Crippen molar-refractivity contribution in [3.8, 4) is 0 Å². The minimum atomic E-state index is -0.794. The molecule has 0 aliphatic heterocycles. The van der Waals surface area contributed by atoms with Gasteiger partial charge in [-0.2, -0.15) is 0 Å². The van der Waals surface area contributed by atoms with Gasteiger partial charge in [-0.3, -0.25) is 9.59 Å². The van der Waals surface area contributed by atoms with E-state index in [-0.39, 0.29) is 24.4 Å². The quantitative estimate of drug-likeness (QED) is 0.795. The van der Waals surface area contributed by atoms with Crippen LogP contribution in [0.2, 0.25) is 0 Å².